The fraction of sp³-hybridized carbons (Fsp3) is 0.812. The molecule has 23 heavy (non-hydrogen) atoms. The number of hydrogen-bond donors (Lipinski definition) is 1. The van der Waals surface area contributed by atoms with Crippen LogP contribution in [0.4, 0.5) is 4.79 Å². The highest BCUT2D eigenvalue weighted by Crippen LogP contribution is 2.27. The van der Waals surface area contributed by atoms with Gasteiger partial charge in [-0.1, -0.05) is 27.7 Å². The van der Waals surface area contributed by atoms with Crippen molar-refractivity contribution in [1.82, 2.24) is 25.0 Å². The lowest BCUT2D eigenvalue weighted by Crippen LogP contribution is -2.50. The fourth-order valence-electron chi connectivity index (χ4n) is 3.50. The first-order chi connectivity index (χ1) is 11.0. The van der Waals surface area contributed by atoms with Crippen molar-refractivity contribution in [2.24, 2.45) is 5.92 Å². The Morgan fingerprint density at radius 2 is 1.96 bits per heavy atom. The molecule has 0 saturated carbocycles. The van der Waals surface area contributed by atoms with Crippen LogP contribution >= 0.6 is 11.8 Å². The molecular weight excluding hydrogens is 310 g/mol. The van der Waals surface area contributed by atoms with Crippen LogP contribution in [0.25, 0.3) is 0 Å². The van der Waals surface area contributed by atoms with Crippen molar-refractivity contribution in [2.45, 2.75) is 63.6 Å². The molecule has 2 aliphatic rings. The average molecular weight is 337 g/mol. The van der Waals surface area contributed by atoms with Crippen LogP contribution in [-0.4, -0.2) is 49.3 Å². The molecule has 0 bridgehead atoms. The molecule has 7 heteroatoms. The van der Waals surface area contributed by atoms with Crippen molar-refractivity contribution in [3.05, 3.63) is 11.6 Å². The first kappa shape index (κ1) is 16.6. The van der Waals surface area contributed by atoms with E-state index in [1.165, 1.54) is 0 Å². The summed E-state index contributed by atoms with van der Waals surface area (Å²) in [4.78, 5) is 14.7. The molecule has 128 valence electrons. The monoisotopic (exact) mass is 337 g/mol. The van der Waals surface area contributed by atoms with Gasteiger partial charge in [0.25, 0.3) is 0 Å². The van der Waals surface area contributed by atoms with Crippen LogP contribution < -0.4 is 5.32 Å². The van der Waals surface area contributed by atoms with Gasteiger partial charge in [0.05, 0.1) is 6.04 Å². The number of urea groups is 1. The van der Waals surface area contributed by atoms with Crippen LogP contribution in [0.5, 0.6) is 0 Å². The van der Waals surface area contributed by atoms with Gasteiger partial charge in [-0.25, -0.2) is 4.79 Å². The number of carbonyl (C=O) groups is 1. The Balaban J connectivity index is 1.73. The van der Waals surface area contributed by atoms with Crippen molar-refractivity contribution in [3.63, 3.8) is 0 Å². The van der Waals surface area contributed by atoms with E-state index in [-0.39, 0.29) is 18.0 Å². The Kier molecular flexibility index (Phi) is 4.85. The second-order valence-corrected chi connectivity index (χ2v) is 8.94. The van der Waals surface area contributed by atoms with Gasteiger partial charge in [-0.2, -0.15) is 11.8 Å². The predicted molar refractivity (Wildman–Crippen MR) is 92.5 cm³/mol. The van der Waals surface area contributed by atoms with Gasteiger partial charge in [0.15, 0.2) is 5.82 Å². The Morgan fingerprint density at radius 1 is 1.26 bits per heavy atom. The smallest absolute Gasteiger partial charge is 0.318 e. The van der Waals surface area contributed by atoms with E-state index in [0.717, 1.165) is 44.1 Å². The molecule has 1 fully saturated rings. The maximum atomic E-state index is 12.7. The third-order valence-electron chi connectivity index (χ3n) is 4.57. The summed E-state index contributed by atoms with van der Waals surface area (Å²) in [7, 11) is 0. The SMILES string of the molecule is CC1CN(C(=O)NC(c2nnc3n2CCC3)C(C)C)CC(C)S1. The van der Waals surface area contributed by atoms with Gasteiger partial charge in [-0.05, 0) is 12.3 Å². The fourth-order valence-corrected chi connectivity index (χ4v) is 4.83. The van der Waals surface area contributed by atoms with Crippen LogP contribution in [0.3, 0.4) is 0 Å². The Bertz CT molecular complexity index is 563. The number of fused-ring (bicyclic) bond motifs is 1. The van der Waals surface area contributed by atoms with Crippen molar-refractivity contribution in [3.8, 4) is 0 Å². The van der Waals surface area contributed by atoms with E-state index < -0.39 is 0 Å². The standard InChI is InChI=1S/C16H27N5OS/c1-10(2)14(15-19-18-13-6-5-7-21(13)15)17-16(22)20-8-11(3)23-12(4)9-20/h10-12,14H,5-9H2,1-4H3,(H,17,22). The van der Waals surface area contributed by atoms with Gasteiger partial charge < -0.3 is 14.8 Å². The van der Waals surface area contributed by atoms with Gasteiger partial charge in [0.1, 0.15) is 5.82 Å². The maximum absolute atomic E-state index is 12.7. The molecule has 1 saturated heterocycles. The summed E-state index contributed by atoms with van der Waals surface area (Å²) in [6, 6.07) is -0.0555. The summed E-state index contributed by atoms with van der Waals surface area (Å²) in [5.41, 5.74) is 0. The number of rotatable bonds is 3. The van der Waals surface area contributed by atoms with Crippen LogP contribution in [0, 0.1) is 5.92 Å². The normalized spacial score (nSPS) is 25.5. The van der Waals surface area contributed by atoms with E-state index in [9.17, 15) is 4.79 Å². The number of aryl methyl sites for hydroxylation is 1. The predicted octanol–water partition coefficient (Wildman–Crippen LogP) is 2.46. The molecule has 6 nitrogen and oxygen atoms in total. The molecule has 0 spiro atoms. The number of hydrogen-bond acceptors (Lipinski definition) is 4. The highest BCUT2D eigenvalue weighted by Gasteiger charge is 2.31. The second kappa shape index (κ2) is 6.71. The molecule has 3 atom stereocenters. The topological polar surface area (TPSA) is 63.1 Å². The van der Waals surface area contributed by atoms with Gasteiger partial charge in [-0.15, -0.1) is 10.2 Å². The molecule has 3 rings (SSSR count). The summed E-state index contributed by atoms with van der Waals surface area (Å²) >= 11 is 1.95. The molecule has 0 radical (unpaired) electrons. The number of nitrogens with zero attached hydrogens (tertiary/aromatic N) is 4. The highest BCUT2D eigenvalue weighted by molar-refractivity contribution is 8.00. The van der Waals surface area contributed by atoms with E-state index in [0.29, 0.717) is 10.5 Å². The van der Waals surface area contributed by atoms with Crippen molar-refractivity contribution in [2.75, 3.05) is 13.1 Å². The molecule has 1 aromatic rings. The van der Waals surface area contributed by atoms with Crippen LogP contribution in [0.15, 0.2) is 0 Å². The van der Waals surface area contributed by atoms with Crippen LogP contribution in [-0.2, 0) is 13.0 Å². The molecule has 0 aromatic carbocycles. The first-order valence-electron chi connectivity index (χ1n) is 8.58. The highest BCUT2D eigenvalue weighted by atomic mass is 32.2. The zero-order valence-corrected chi connectivity index (χ0v) is 15.3. The molecule has 2 amide bonds. The summed E-state index contributed by atoms with van der Waals surface area (Å²) in [5.74, 6) is 2.24. The lowest BCUT2D eigenvalue weighted by atomic mass is 10.0. The molecular formula is C16H27N5OS. The molecule has 3 heterocycles. The summed E-state index contributed by atoms with van der Waals surface area (Å²) in [6.45, 7) is 11.2. The Hall–Kier alpha value is -1.24. The van der Waals surface area contributed by atoms with Crippen LogP contribution in [0.2, 0.25) is 0 Å². The second-order valence-electron chi connectivity index (χ2n) is 7.06. The van der Waals surface area contributed by atoms with Crippen molar-refractivity contribution in [1.29, 1.82) is 0 Å². The van der Waals surface area contributed by atoms with Gasteiger partial charge in [0, 0.05) is 36.6 Å². The zero-order valence-electron chi connectivity index (χ0n) is 14.5. The molecule has 2 aliphatic heterocycles. The maximum Gasteiger partial charge on any atom is 0.318 e. The first-order valence-corrected chi connectivity index (χ1v) is 9.53. The minimum atomic E-state index is -0.0814. The minimum absolute atomic E-state index is 0.0260. The van der Waals surface area contributed by atoms with E-state index in [2.05, 4.69) is 47.8 Å². The number of aromatic nitrogens is 3. The van der Waals surface area contributed by atoms with Crippen molar-refractivity contribution < 1.29 is 4.79 Å². The summed E-state index contributed by atoms with van der Waals surface area (Å²) < 4.78 is 2.18. The van der Waals surface area contributed by atoms with E-state index in [1.54, 1.807) is 0 Å². The quantitative estimate of drug-likeness (QED) is 0.920. The molecule has 1 N–H and O–H groups in total. The third-order valence-corrected chi connectivity index (χ3v) is 5.80. The molecule has 3 unspecified atom stereocenters. The summed E-state index contributed by atoms with van der Waals surface area (Å²) in [6.07, 6.45) is 2.11. The van der Waals surface area contributed by atoms with E-state index in [4.69, 9.17) is 0 Å². The Morgan fingerprint density at radius 3 is 2.61 bits per heavy atom. The Labute approximate surface area is 142 Å². The lowest BCUT2D eigenvalue weighted by molar-refractivity contribution is 0.188. The van der Waals surface area contributed by atoms with Gasteiger partial charge in [0.2, 0.25) is 0 Å². The van der Waals surface area contributed by atoms with Gasteiger partial charge >= 0.3 is 6.03 Å². The lowest BCUT2D eigenvalue weighted by Gasteiger charge is -2.36. The number of amides is 2. The third kappa shape index (κ3) is 3.49. The molecule has 0 aliphatic carbocycles. The van der Waals surface area contributed by atoms with Crippen LogP contribution in [0.1, 0.15) is 51.8 Å². The number of carbonyl (C=O) groups excluding carboxylic acids is 1. The zero-order chi connectivity index (χ0) is 16.6. The molecule has 1 aromatic heterocycles. The van der Waals surface area contributed by atoms with Crippen molar-refractivity contribution >= 4 is 17.8 Å². The minimum Gasteiger partial charge on any atom is -0.328 e. The average Bonchev–Trinajstić information content (AvgIpc) is 3.06. The number of nitrogens with one attached hydrogen (secondary N) is 1. The van der Waals surface area contributed by atoms with E-state index >= 15 is 0 Å². The van der Waals surface area contributed by atoms with Gasteiger partial charge in [-0.3, -0.25) is 0 Å². The largest absolute Gasteiger partial charge is 0.328 e. The summed E-state index contributed by atoms with van der Waals surface area (Å²) in [5, 5.41) is 12.8. The van der Waals surface area contributed by atoms with E-state index in [1.807, 2.05) is 16.7 Å². The number of thioether (sulfide) groups is 1.